The molecule has 1 aromatic carbocycles. The topological polar surface area (TPSA) is 40.0 Å². The Labute approximate surface area is 192 Å². The molecule has 0 radical (unpaired) electrons. The lowest BCUT2D eigenvalue weighted by atomic mass is 10.0. The number of hydrogen-bond donors (Lipinski definition) is 0. The molecule has 0 amide bonds. The Bertz CT molecular complexity index is 618. The van der Waals surface area contributed by atoms with Gasteiger partial charge in [0.1, 0.15) is 29.2 Å². The highest BCUT2D eigenvalue weighted by atomic mass is 35.5. The van der Waals surface area contributed by atoms with E-state index >= 15 is 0 Å². The minimum absolute atomic E-state index is 0.213. The molecule has 0 aromatic heterocycles. The van der Waals surface area contributed by atoms with Gasteiger partial charge in [-0.2, -0.15) is 0 Å². The number of hydrogen-bond acceptors (Lipinski definition) is 4. The summed E-state index contributed by atoms with van der Waals surface area (Å²) in [5.74, 6) is 1.81. The molecule has 0 aliphatic heterocycles. The molecule has 0 aliphatic carbocycles. The van der Waals surface area contributed by atoms with E-state index in [1.807, 2.05) is 18.3 Å². The third kappa shape index (κ3) is 11.7. The molecule has 0 unspecified atom stereocenters. The first-order chi connectivity index (χ1) is 14.6. The molecule has 1 aromatic rings. The number of ether oxygens (including phenoxy) is 2. The number of benzene rings is 1. The standard InChI is InChI=1S/C24H37Cl2NO3/c1-4-7-8-10-14-27-30-16-12-9-11-15-29-24-20(5-2)18-22(19-21(24)6-3)28-17-13-23(25)26/h13-14,18-19H,4-12,15-17H2,1-3H3. The predicted molar refractivity (Wildman–Crippen MR) is 128 cm³/mol. The van der Waals surface area contributed by atoms with E-state index in [4.69, 9.17) is 37.5 Å². The summed E-state index contributed by atoms with van der Waals surface area (Å²) in [4.78, 5) is 5.31. The molecule has 0 N–H and O–H groups in total. The summed E-state index contributed by atoms with van der Waals surface area (Å²) in [6.45, 7) is 8.16. The summed E-state index contributed by atoms with van der Waals surface area (Å²) in [7, 11) is 0. The van der Waals surface area contributed by atoms with E-state index in [1.165, 1.54) is 19.3 Å². The monoisotopic (exact) mass is 457 g/mol. The van der Waals surface area contributed by atoms with Gasteiger partial charge in [-0.25, -0.2) is 0 Å². The van der Waals surface area contributed by atoms with Crippen molar-refractivity contribution in [3.63, 3.8) is 0 Å². The number of nitrogens with zero attached hydrogens (tertiary/aromatic N) is 1. The van der Waals surface area contributed by atoms with Crippen LogP contribution < -0.4 is 9.47 Å². The second kappa shape index (κ2) is 17.3. The Morgan fingerprint density at radius 3 is 2.23 bits per heavy atom. The average Bonchev–Trinajstić information content (AvgIpc) is 2.74. The number of rotatable bonds is 17. The van der Waals surface area contributed by atoms with Gasteiger partial charge in [0.2, 0.25) is 0 Å². The van der Waals surface area contributed by atoms with Gasteiger partial charge in [0.25, 0.3) is 0 Å². The first-order valence-corrected chi connectivity index (χ1v) is 11.9. The lowest BCUT2D eigenvalue weighted by Gasteiger charge is -2.17. The van der Waals surface area contributed by atoms with E-state index in [1.54, 1.807) is 6.08 Å². The fraction of sp³-hybridized carbons (Fsp3) is 0.625. The number of halogens is 2. The molecule has 0 saturated carbocycles. The Balaban J connectivity index is 2.37. The zero-order chi connectivity index (χ0) is 22.0. The van der Waals surface area contributed by atoms with Gasteiger partial charge in [0, 0.05) is 6.21 Å². The van der Waals surface area contributed by atoms with Crippen molar-refractivity contribution >= 4 is 29.4 Å². The van der Waals surface area contributed by atoms with Gasteiger partial charge in [-0.3, -0.25) is 0 Å². The van der Waals surface area contributed by atoms with Gasteiger partial charge in [0.05, 0.1) is 6.61 Å². The van der Waals surface area contributed by atoms with E-state index in [-0.39, 0.29) is 4.49 Å². The molecule has 0 fully saturated rings. The summed E-state index contributed by atoms with van der Waals surface area (Å²) in [5, 5.41) is 4.01. The van der Waals surface area contributed by atoms with Crippen LogP contribution in [0.15, 0.2) is 27.9 Å². The van der Waals surface area contributed by atoms with Crippen molar-refractivity contribution in [1.29, 1.82) is 0 Å². The molecule has 30 heavy (non-hydrogen) atoms. The molecule has 6 heteroatoms. The van der Waals surface area contributed by atoms with Gasteiger partial charge in [-0.1, -0.05) is 62.0 Å². The fourth-order valence-electron chi connectivity index (χ4n) is 2.98. The van der Waals surface area contributed by atoms with Gasteiger partial charge in [0.15, 0.2) is 0 Å². The zero-order valence-corrected chi connectivity index (χ0v) is 20.2. The van der Waals surface area contributed by atoms with Crippen molar-refractivity contribution in [3.05, 3.63) is 33.8 Å². The van der Waals surface area contributed by atoms with Crippen LogP contribution in [0.3, 0.4) is 0 Å². The molecule has 0 bridgehead atoms. The maximum atomic E-state index is 6.15. The van der Waals surface area contributed by atoms with Crippen LogP contribution in [0.5, 0.6) is 11.5 Å². The third-order valence-electron chi connectivity index (χ3n) is 4.68. The van der Waals surface area contributed by atoms with Crippen LogP contribution in [0, 0.1) is 0 Å². The second-order valence-corrected chi connectivity index (χ2v) is 8.12. The number of oxime groups is 1. The summed E-state index contributed by atoms with van der Waals surface area (Å²) >= 11 is 11.3. The molecule has 0 aliphatic rings. The Kier molecular flexibility index (Phi) is 15.4. The first-order valence-electron chi connectivity index (χ1n) is 11.2. The van der Waals surface area contributed by atoms with E-state index in [2.05, 4.69) is 25.9 Å². The van der Waals surface area contributed by atoms with Crippen molar-refractivity contribution in [2.45, 2.75) is 78.6 Å². The highest BCUT2D eigenvalue weighted by molar-refractivity contribution is 6.55. The second-order valence-electron chi connectivity index (χ2n) is 7.11. The lowest BCUT2D eigenvalue weighted by molar-refractivity contribution is 0.139. The Morgan fingerprint density at radius 1 is 0.900 bits per heavy atom. The van der Waals surface area contributed by atoms with E-state index < -0.39 is 0 Å². The summed E-state index contributed by atoms with van der Waals surface area (Å²) in [6.07, 6.45) is 13.0. The first kappa shape index (κ1) is 26.6. The lowest BCUT2D eigenvalue weighted by Crippen LogP contribution is -2.05. The van der Waals surface area contributed by atoms with Crippen LogP contribution in [-0.2, 0) is 17.7 Å². The zero-order valence-electron chi connectivity index (χ0n) is 18.7. The van der Waals surface area contributed by atoms with Crippen LogP contribution in [0.25, 0.3) is 0 Å². The van der Waals surface area contributed by atoms with Crippen molar-refractivity contribution in [1.82, 2.24) is 0 Å². The van der Waals surface area contributed by atoms with Crippen molar-refractivity contribution in [2.75, 3.05) is 19.8 Å². The number of aryl methyl sites for hydroxylation is 2. The maximum Gasteiger partial charge on any atom is 0.125 e. The van der Waals surface area contributed by atoms with Crippen LogP contribution >= 0.6 is 23.2 Å². The maximum absolute atomic E-state index is 6.15. The molecule has 0 saturated heterocycles. The summed E-state index contributed by atoms with van der Waals surface area (Å²) < 4.78 is 12.1. The molecule has 0 atom stereocenters. The van der Waals surface area contributed by atoms with Crippen molar-refractivity contribution in [3.8, 4) is 11.5 Å². The van der Waals surface area contributed by atoms with Crippen molar-refractivity contribution in [2.24, 2.45) is 5.16 Å². The molecule has 170 valence electrons. The van der Waals surface area contributed by atoms with Gasteiger partial charge in [-0.05, 0) is 74.3 Å². The Morgan fingerprint density at radius 2 is 1.60 bits per heavy atom. The molecule has 0 spiro atoms. The smallest absolute Gasteiger partial charge is 0.125 e. The normalized spacial score (nSPS) is 11.0. The highest BCUT2D eigenvalue weighted by Gasteiger charge is 2.11. The van der Waals surface area contributed by atoms with Gasteiger partial charge >= 0.3 is 0 Å². The van der Waals surface area contributed by atoms with Crippen LogP contribution in [0.1, 0.15) is 76.8 Å². The molecular weight excluding hydrogens is 421 g/mol. The average molecular weight is 458 g/mol. The SMILES string of the molecule is CCCCCC=NOCCCCCOc1c(CC)cc(OCC=C(Cl)Cl)cc1CC. The van der Waals surface area contributed by atoms with E-state index in [0.717, 1.165) is 61.2 Å². The summed E-state index contributed by atoms with van der Waals surface area (Å²) in [5.41, 5.74) is 2.32. The van der Waals surface area contributed by atoms with Gasteiger partial charge in [-0.15, -0.1) is 0 Å². The largest absolute Gasteiger partial charge is 0.493 e. The van der Waals surface area contributed by atoms with E-state index in [9.17, 15) is 0 Å². The highest BCUT2D eigenvalue weighted by Crippen LogP contribution is 2.31. The molecule has 1 rings (SSSR count). The summed E-state index contributed by atoms with van der Waals surface area (Å²) in [6, 6.07) is 4.08. The predicted octanol–water partition coefficient (Wildman–Crippen LogP) is 7.64. The van der Waals surface area contributed by atoms with Gasteiger partial charge < -0.3 is 14.3 Å². The molecule has 4 nitrogen and oxygen atoms in total. The third-order valence-corrected chi connectivity index (χ3v) is 4.99. The molecular formula is C24H37Cl2NO3. The van der Waals surface area contributed by atoms with Crippen LogP contribution in [0.2, 0.25) is 0 Å². The quantitative estimate of drug-likeness (QED) is 0.137. The van der Waals surface area contributed by atoms with Crippen molar-refractivity contribution < 1.29 is 14.3 Å². The number of unbranched alkanes of at least 4 members (excludes halogenated alkanes) is 5. The van der Waals surface area contributed by atoms with E-state index in [0.29, 0.717) is 19.8 Å². The van der Waals surface area contributed by atoms with Crippen LogP contribution in [0.4, 0.5) is 0 Å². The molecule has 0 heterocycles. The van der Waals surface area contributed by atoms with Crippen LogP contribution in [-0.4, -0.2) is 26.0 Å². The Hall–Kier alpha value is -1.39. The minimum atomic E-state index is 0.213. The fourth-order valence-corrected chi connectivity index (χ4v) is 3.11. The minimum Gasteiger partial charge on any atom is -0.493 e.